The van der Waals surface area contributed by atoms with E-state index in [0.717, 1.165) is 0 Å². The molecule has 0 bridgehead atoms. The second-order valence-electron chi connectivity index (χ2n) is 7.30. The van der Waals surface area contributed by atoms with Gasteiger partial charge in [-0.1, -0.05) is 62.3 Å². The maximum atomic E-state index is 10.1. The molecular weight excluding hydrogens is 303 g/mol. The third kappa shape index (κ3) is 271. The molecule has 4 heteroatoms. The van der Waals surface area contributed by atoms with Crippen LogP contribution in [0.25, 0.3) is 0 Å². The molecular formula is C17H32O3V. The van der Waals surface area contributed by atoms with Crippen molar-refractivity contribution in [3.63, 3.8) is 0 Å². The maximum Gasteiger partial charge on any atom is 4.00 e. The summed E-state index contributed by atoms with van der Waals surface area (Å²) < 4.78 is 0. The minimum atomic E-state index is -0.750. The summed E-state index contributed by atoms with van der Waals surface area (Å²) in [6.45, 7) is 14.7. The number of rotatable bonds is 0. The van der Waals surface area contributed by atoms with Crippen molar-refractivity contribution in [2.24, 2.45) is 0 Å². The van der Waals surface area contributed by atoms with Crippen molar-refractivity contribution in [1.82, 2.24) is 0 Å². The van der Waals surface area contributed by atoms with Gasteiger partial charge in [0.1, 0.15) is 0 Å². The van der Waals surface area contributed by atoms with Crippen LogP contribution < -0.4 is 15.3 Å². The normalized spacial score (nSPS) is 10.5. The molecule has 1 aromatic rings. The Morgan fingerprint density at radius 2 is 0.714 bits per heavy atom. The summed E-state index contributed by atoms with van der Waals surface area (Å²) in [6.07, 6.45) is 0. The van der Waals surface area contributed by atoms with Gasteiger partial charge in [-0.15, -0.1) is 16.8 Å². The zero-order valence-electron chi connectivity index (χ0n) is 15.1. The van der Waals surface area contributed by atoms with Crippen LogP contribution in [-0.4, -0.2) is 16.8 Å². The molecule has 3 nitrogen and oxygen atoms in total. The van der Waals surface area contributed by atoms with Crippen molar-refractivity contribution in [1.29, 1.82) is 0 Å². The predicted octanol–water partition coefficient (Wildman–Crippen LogP) is 1.84. The van der Waals surface area contributed by atoms with E-state index in [1.165, 1.54) is 0 Å². The Morgan fingerprint density at radius 3 is 0.762 bits per heavy atom. The van der Waals surface area contributed by atoms with Crippen molar-refractivity contribution in [2.75, 3.05) is 0 Å². The van der Waals surface area contributed by atoms with E-state index in [1.54, 1.807) is 62.3 Å². The minimum Gasteiger partial charge on any atom is -0.850 e. The van der Waals surface area contributed by atoms with Gasteiger partial charge >= 0.3 is 18.6 Å². The minimum absolute atomic E-state index is 0. The Kier molecular flexibility index (Phi) is 18.5. The standard InChI is InChI=1S/C5H5.3C4H9O.V/c1-2-4-5-3-1;3*1-4(2,3)5;/h1-5H;3*1-3H3;/q4*-1;+4. The number of hydrogen-bond acceptors (Lipinski definition) is 3. The van der Waals surface area contributed by atoms with Crippen molar-refractivity contribution in [2.45, 2.75) is 79.1 Å². The summed E-state index contributed by atoms with van der Waals surface area (Å²) in [5.74, 6) is 0. The monoisotopic (exact) mass is 335 g/mol. The molecule has 0 heterocycles. The summed E-state index contributed by atoms with van der Waals surface area (Å²) in [4.78, 5) is 0. The maximum absolute atomic E-state index is 10.1. The first-order valence-electron chi connectivity index (χ1n) is 6.78. The molecule has 0 atom stereocenters. The van der Waals surface area contributed by atoms with Gasteiger partial charge in [0.2, 0.25) is 0 Å². The van der Waals surface area contributed by atoms with Crippen LogP contribution in [-0.2, 0) is 18.6 Å². The summed E-state index contributed by atoms with van der Waals surface area (Å²) in [5, 5.41) is 30.3. The summed E-state index contributed by atoms with van der Waals surface area (Å²) in [7, 11) is 0. The topological polar surface area (TPSA) is 69.2 Å². The fourth-order valence-electron chi connectivity index (χ4n) is 0.321. The van der Waals surface area contributed by atoms with Crippen LogP contribution >= 0.6 is 0 Å². The molecule has 0 saturated heterocycles. The van der Waals surface area contributed by atoms with Gasteiger partial charge in [0.15, 0.2) is 0 Å². The molecule has 21 heavy (non-hydrogen) atoms. The van der Waals surface area contributed by atoms with Gasteiger partial charge in [-0.25, -0.2) is 12.1 Å². The Labute approximate surface area is 143 Å². The van der Waals surface area contributed by atoms with Crippen molar-refractivity contribution in [3.05, 3.63) is 30.3 Å². The Hall–Kier alpha value is -0.186. The zero-order valence-corrected chi connectivity index (χ0v) is 16.5. The molecule has 0 N–H and O–H groups in total. The predicted molar refractivity (Wildman–Crippen MR) is 81.3 cm³/mol. The van der Waals surface area contributed by atoms with Crippen molar-refractivity contribution in [3.8, 4) is 0 Å². The van der Waals surface area contributed by atoms with E-state index in [2.05, 4.69) is 0 Å². The molecule has 0 unspecified atom stereocenters. The van der Waals surface area contributed by atoms with Gasteiger partial charge in [-0.3, -0.25) is 0 Å². The SMILES string of the molecule is CC(C)(C)[O-].CC(C)(C)[O-].CC(C)(C)[O-].[V+4].c1cc[cH-]c1. The zero-order chi connectivity index (χ0) is 17.0. The third-order valence-electron chi connectivity index (χ3n) is 0.556. The van der Waals surface area contributed by atoms with E-state index < -0.39 is 16.8 Å². The van der Waals surface area contributed by atoms with Crippen LogP contribution in [0.5, 0.6) is 0 Å². The number of hydrogen-bond donors (Lipinski definition) is 0. The Bertz CT molecular complexity index is 211. The van der Waals surface area contributed by atoms with Gasteiger partial charge < -0.3 is 15.3 Å². The fourth-order valence-corrected chi connectivity index (χ4v) is 0.321. The van der Waals surface area contributed by atoms with Gasteiger partial charge in [-0.05, 0) is 0 Å². The molecule has 1 aromatic carbocycles. The van der Waals surface area contributed by atoms with Gasteiger partial charge in [-0.2, -0.15) is 18.2 Å². The van der Waals surface area contributed by atoms with Crippen LogP contribution in [0.1, 0.15) is 62.3 Å². The molecule has 0 aromatic heterocycles. The summed E-state index contributed by atoms with van der Waals surface area (Å²) >= 11 is 0. The van der Waals surface area contributed by atoms with Gasteiger partial charge in [0, 0.05) is 0 Å². The molecule has 123 valence electrons. The van der Waals surface area contributed by atoms with Crippen LogP contribution in [0.3, 0.4) is 0 Å². The molecule has 0 aliphatic rings. The Morgan fingerprint density at radius 1 is 0.571 bits per heavy atom. The van der Waals surface area contributed by atoms with E-state index in [9.17, 15) is 15.3 Å². The fraction of sp³-hybridized carbons (Fsp3) is 0.706. The average Bonchev–Trinajstić information content (AvgIpc) is 2.45. The third-order valence-corrected chi connectivity index (χ3v) is 0.556. The van der Waals surface area contributed by atoms with E-state index in [1.807, 2.05) is 30.3 Å². The van der Waals surface area contributed by atoms with E-state index >= 15 is 0 Å². The first-order chi connectivity index (χ1) is 8.50. The largest absolute Gasteiger partial charge is 4.00 e. The molecule has 0 aliphatic carbocycles. The smallest absolute Gasteiger partial charge is 0.850 e. The summed E-state index contributed by atoms with van der Waals surface area (Å²) in [5.41, 5.74) is -2.25. The summed E-state index contributed by atoms with van der Waals surface area (Å²) in [6, 6.07) is 10.0. The molecule has 0 saturated carbocycles. The van der Waals surface area contributed by atoms with E-state index in [-0.39, 0.29) is 18.6 Å². The molecule has 0 amide bonds. The molecule has 1 radical (unpaired) electrons. The second kappa shape index (κ2) is 13.5. The van der Waals surface area contributed by atoms with Gasteiger partial charge in [0.25, 0.3) is 0 Å². The first-order valence-corrected chi connectivity index (χ1v) is 6.78. The van der Waals surface area contributed by atoms with Crippen molar-refractivity contribution >= 4 is 0 Å². The Balaban J connectivity index is -0.0000000903. The first kappa shape index (κ1) is 28.9. The van der Waals surface area contributed by atoms with Crippen molar-refractivity contribution < 1.29 is 33.9 Å². The van der Waals surface area contributed by atoms with Gasteiger partial charge in [0.05, 0.1) is 0 Å². The van der Waals surface area contributed by atoms with E-state index in [4.69, 9.17) is 0 Å². The van der Waals surface area contributed by atoms with Crippen LogP contribution in [0.4, 0.5) is 0 Å². The molecule has 0 aliphatic heterocycles. The molecule has 1 rings (SSSR count). The van der Waals surface area contributed by atoms with E-state index in [0.29, 0.717) is 0 Å². The molecule has 0 fully saturated rings. The quantitative estimate of drug-likeness (QED) is 0.679. The van der Waals surface area contributed by atoms with Crippen LogP contribution in [0, 0.1) is 0 Å². The average molecular weight is 335 g/mol. The second-order valence-corrected chi connectivity index (χ2v) is 7.30. The molecule has 0 spiro atoms. The van der Waals surface area contributed by atoms with Crippen LogP contribution in [0.15, 0.2) is 30.3 Å². The van der Waals surface area contributed by atoms with Crippen LogP contribution in [0.2, 0.25) is 0 Å².